The summed E-state index contributed by atoms with van der Waals surface area (Å²) in [4.78, 5) is 0. The molecule has 0 aromatic heterocycles. The molecule has 1 N–H and O–H groups in total. The van der Waals surface area contributed by atoms with Crippen LogP contribution in [0.1, 0.15) is 5.56 Å². The van der Waals surface area contributed by atoms with Crippen LogP contribution in [0.15, 0.2) is 18.2 Å². The first kappa shape index (κ1) is 11.8. The minimum atomic E-state index is -4.52. The maximum Gasteiger partial charge on any atom is 0.416 e. The highest BCUT2D eigenvalue weighted by atomic mass is 19.4. The number of nitrogens with one attached hydrogen (secondary N) is 1. The van der Waals surface area contributed by atoms with Crippen LogP contribution in [0.4, 0.5) is 23.2 Å². The first-order valence-corrected chi connectivity index (χ1v) is 4.11. The fraction of sp³-hybridized carbons (Fsp3) is 0.333. The molecule has 0 heterocycles. The van der Waals surface area contributed by atoms with E-state index in [1.54, 1.807) is 14.1 Å². The van der Waals surface area contributed by atoms with Gasteiger partial charge in [0.2, 0.25) is 0 Å². The molecule has 0 unspecified atom stereocenters. The first-order valence-electron chi connectivity index (χ1n) is 4.11. The van der Waals surface area contributed by atoms with Gasteiger partial charge >= 0.3 is 6.18 Å². The number of rotatable bonds is 2. The Morgan fingerprint density at radius 1 is 1.20 bits per heavy atom. The molecular weight excluding hydrogens is 212 g/mol. The Balaban J connectivity index is 2.98. The summed E-state index contributed by atoms with van der Waals surface area (Å²) in [5.74, 6) is -0.932. The zero-order valence-electron chi connectivity index (χ0n) is 8.19. The summed E-state index contributed by atoms with van der Waals surface area (Å²) >= 11 is 0. The van der Waals surface area contributed by atoms with Crippen molar-refractivity contribution in [3.05, 3.63) is 29.6 Å². The monoisotopic (exact) mass is 222 g/mol. The van der Waals surface area contributed by atoms with Crippen LogP contribution >= 0.6 is 0 Å². The Bertz CT molecular complexity index is 346. The third-order valence-electron chi connectivity index (χ3n) is 1.64. The maximum atomic E-state index is 13.2. The molecule has 1 rings (SSSR count). The van der Waals surface area contributed by atoms with Crippen molar-refractivity contribution in [2.75, 3.05) is 19.5 Å². The van der Waals surface area contributed by atoms with Crippen LogP contribution in [-0.4, -0.2) is 19.1 Å². The molecule has 0 bridgehead atoms. The fourth-order valence-corrected chi connectivity index (χ4v) is 1.02. The molecule has 0 aliphatic carbocycles. The zero-order valence-corrected chi connectivity index (χ0v) is 8.19. The zero-order chi connectivity index (χ0) is 11.6. The van der Waals surface area contributed by atoms with Gasteiger partial charge in [0.25, 0.3) is 0 Å². The van der Waals surface area contributed by atoms with E-state index in [1.807, 2.05) is 0 Å². The van der Waals surface area contributed by atoms with Gasteiger partial charge in [0.15, 0.2) is 0 Å². The molecule has 15 heavy (non-hydrogen) atoms. The molecule has 0 saturated carbocycles. The van der Waals surface area contributed by atoms with Gasteiger partial charge in [0.1, 0.15) is 5.82 Å². The summed E-state index contributed by atoms with van der Waals surface area (Å²) in [7, 11) is 3.22. The number of nitrogens with zero attached hydrogens (tertiary/aromatic N) is 1. The quantitative estimate of drug-likeness (QED) is 0.611. The van der Waals surface area contributed by atoms with E-state index in [-0.39, 0.29) is 5.69 Å². The van der Waals surface area contributed by atoms with Gasteiger partial charge in [-0.25, -0.2) is 9.40 Å². The van der Waals surface area contributed by atoms with Crippen molar-refractivity contribution in [3.8, 4) is 0 Å². The normalized spacial score (nSPS) is 11.9. The lowest BCUT2D eigenvalue weighted by atomic mass is 10.2. The molecule has 0 amide bonds. The van der Waals surface area contributed by atoms with Crippen LogP contribution in [-0.2, 0) is 6.18 Å². The lowest BCUT2D eigenvalue weighted by molar-refractivity contribution is -0.137. The van der Waals surface area contributed by atoms with Crippen LogP contribution < -0.4 is 5.43 Å². The minimum Gasteiger partial charge on any atom is -0.317 e. The second-order valence-electron chi connectivity index (χ2n) is 3.20. The van der Waals surface area contributed by atoms with Gasteiger partial charge < -0.3 is 5.43 Å². The van der Waals surface area contributed by atoms with Crippen molar-refractivity contribution in [1.82, 2.24) is 5.01 Å². The summed E-state index contributed by atoms with van der Waals surface area (Å²) in [6.45, 7) is 0. The molecule has 0 aliphatic rings. The highest BCUT2D eigenvalue weighted by Crippen LogP contribution is 2.31. The Kier molecular flexibility index (Phi) is 3.18. The number of hydrogen-bond acceptors (Lipinski definition) is 2. The molecule has 1 aromatic rings. The van der Waals surface area contributed by atoms with Gasteiger partial charge in [0, 0.05) is 14.1 Å². The van der Waals surface area contributed by atoms with Crippen molar-refractivity contribution in [2.24, 2.45) is 0 Å². The van der Waals surface area contributed by atoms with Gasteiger partial charge in [-0.1, -0.05) is 0 Å². The summed E-state index contributed by atoms with van der Waals surface area (Å²) < 4.78 is 49.6. The molecule has 0 radical (unpaired) electrons. The Hall–Kier alpha value is -1.30. The molecule has 0 saturated heterocycles. The number of benzene rings is 1. The first-order chi connectivity index (χ1) is 6.80. The van der Waals surface area contributed by atoms with E-state index in [2.05, 4.69) is 5.43 Å². The van der Waals surface area contributed by atoms with Gasteiger partial charge in [-0.3, -0.25) is 0 Å². The van der Waals surface area contributed by atoms with E-state index >= 15 is 0 Å². The van der Waals surface area contributed by atoms with Gasteiger partial charge in [-0.2, -0.15) is 13.2 Å². The number of alkyl halides is 3. The largest absolute Gasteiger partial charge is 0.416 e. The smallest absolute Gasteiger partial charge is 0.317 e. The van der Waals surface area contributed by atoms with Crippen LogP contribution in [0.25, 0.3) is 0 Å². The second-order valence-corrected chi connectivity index (χ2v) is 3.20. The third-order valence-corrected chi connectivity index (χ3v) is 1.64. The van der Waals surface area contributed by atoms with E-state index in [0.29, 0.717) is 6.07 Å². The molecule has 0 spiro atoms. The van der Waals surface area contributed by atoms with E-state index in [1.165, 1.54) is 5.01 Å². The average Bonchev–Trinajstić information content (AvgIpc) is 2.05. The lowest BCUT2D eigenvalue weighted by Gasteiger charge is -2.15. The maximum absolute atomic E-state index is 13.2. The van der Waals surface area contributed by atoms with Crippen molar-refractivity contribution < 1.29 is 17.6 Å². The fourth-order valence-electron chi connectivity index (χ4n) is 1.02. The highest BCUT2D eigenvalue weighted by Gasteiger charge is 2.31. The third kappa shape index (κ3) is 3.09. The molecule has 6 heteroatoms. The van der Waals surface area contributed by atoms with Crippen LogP contribution in [0.3, 0.4) is 0 Å². The number of hydrazine groups is 1. The summed E-state index contributed by atoms with van der Waals surface area (Å²) in [5, 5.41) is 1.44. The average molecular weight is 222 g/mol. The Labute approximate surface area is 84.5 Å². The molecule has 1 aromatic carbocycles. The summed E-state index contributed by atoms with van der Waals surface area (Å²) in [5.41, 5.74) is 1.55. The number of anilines is 1. The minimum absolute atomic E-state index is 0.00741. The van der Waals surface area contributed by atoms with Gasteiger partial charge in [-0.15, -0.1) is 0 Å². The SMILES string of the molecule is CN(C)Nc1ccc(C(F)(F)F)cc1F. The van der Waals surface area contributed by atoms with E-state index < -0.39 is 17.6 Å². The standard InChI is InChI=1S/C9H10F4N2/c1-15(2)14-8-4-3-6(5-7(8)10)9(11,12)13/h3-5,14H,1-2H3. The highest BCUT2D eigenvalue weighted by molar-refractivity contribution is 5.45. The molecule has 0 aliphatic heterocycles. The molecule has 0 atom stereocenters. The van der Waals surface area contributed by atoms with Gasteiger partial charge in [0.05, 0.1) is 11.3 Å². The molecule has 84 valence electrons. The van der Waals surface area contributed by atoms with Crippen molar-refractivity contribution >= 4 is 5.69 Å². The number of hydrogen-bond donors (Lipinski definition) is 1. The van der Waals surface area contributed by atoms with Crippen molar-refractivity contribution in [2.45, 2.75) is 6.18 Å². The van der Waals surface area contributed by atoms with Crippen molar-refractivity contribution in [3.63, 3.8) is 0 Å². The van der Waals surface area contributed by atoms with E-state index in [9.17, 15) is 17.6 Å². The van der Waals surface area contributed by atoms with Crippen LogP contribution in [0.2, 0.25) is 0 Å². The number of halogens is 4. The van der Waals surface area contributed by atoms with E-state index in [4.69, 9.17) is 0 Å². The van der Waals surface area contributed by atoms with Gasteiger partial charge in [-0.05, 0) is 18.2 Å². The Morgan fingerprint density at radius 2 is 1.80 bits per heavy atom. The van der Waals surface area contributed by atoms with Crippen LogP contribution in [0, 0.1) is 5.82 Å². The summed E-state index contributed by atoms with van der Waals surface area (Å²) in [6.07, 6.45) is -4.52. The van der Waals surface area contributed by atoms with E-state index in [0.717, 1.165) is 12.1 Å². The predicted octanol–water partition coefficient (Wildman–Crippen LogP) is 2.73. The molecular formula is C9H10F4N2. The molecule has 2 nitrogen and oxygen atoms in total. The molecule has 0 fully saturated rings. The summed E-state index contributed by atoms with van der Waals surface area (Å²) in [6, 6.07) is 2.35. The van der Waals surface area contributed by atoms with Crippen LogP contribution in [0.5, 0.6) is 0 Å². The lowest BCUT2D eigenvalue weighted by Crippen LogP contribution is -2.20. The van der Waals surface area contributed by atoms with Crippen molar-refractivity contribution in [1.29, 1.82) is 0 Å². The second kappa shape index (κ2) is 4.06. The Morgan fingerprint density at radius 3 is 2.20 bits per heavy atom. The predicted molar refractivity (Wildman–Crippen MR) is 48.7 cm³/mol. The topological polar surface area (TPSA) is 15.3 Å².